The van der Waals surface area contributed by atoms with Gasteiger partial charge in [-0.15, -0.1) is 11.3 Å². The summed E-state index contributed by atoms with van der Waals surface area (Å²) in [4.78, 5) is 9.22. The number of aromatic nitrogens is 1. The molecule has 0 fully saturated rings. The number of hydrogen-bond acceptors (Lipinski definition) is 6. The highest BCUT2D eigenvalue weighted by molar-refractivity contribution is 7.87. The zero-order valence-corrected chi connectivity index (χ0v) is 12.9. The Morgan fingerprint density at radius 2 is 2.14 bits per heavy atom. The first kappa shape index (κ1) is 17.8. The average Bonchev–Trinajstić information content (AvgIpc) is 2.85. The smallest absolute Gasteiger partial charge is 0.301 e. The second-order valence-corrected chi connectivity index (χ2v) is 6.38. The first-order valence-electron chi connectivity index (χ1n) is 5.62. The molecule has 1 heterocycles. The minimum absolute atomic E-state index is 0.173. The second-order valence-electron chi connectivity index (χ2n) is 3.61. The summed E-state index contributed by atoms with van der Waals surface area (Å²) in [5, 5.41) is 3.58. The Hall–Kier alpha value is -1.26. The molecule has 0 aliphatic carbocycles. The van der Waals surface area contributed by atoms with E-state index in [1.807, 2.05) is 0 Å². The summed E-state index contributed by atoms with van der Waals surface area (Å²) < 4.78 is 53.6. The Bertz CT molecular complexity index is 557. The average molecular weight is 342 g/mol. The molecular formula is C11H13F3N2O3S2. The fourth-order valence-electron chi connectivity index (χ4n) is 1.24. The zero-order valence-electron chi connectivity index (χ0n) is 11.3. The maximum absolute atomic E-state index is 12.7. The SMILES string of the molecule is COCc1nc(S(=O)CCC(F)=C(F)F)sc1C=NOC. The zero-order chi connectivity index (χ0) is 15.8. The molecule has 0 aliphatic heterocycles. The molecule has 10 heteroatoms. The van der Waals surface area contributed by atoms with Gasteiger partial charge in [0.1, 0.15) is 7.11 Å². The van der Waals surface area contributed by atoms with Crippen molar-refractivity contribution < 1.29 is 27.0 Å². The van der Waals surface area contributed by atoms with E-state index in [1.54, 1.807) is 0 Å². The molecule has 0 aliphatic rings. The van der Waals surface area contributed by atoms with Crippen LogP contribution in [-0.2, 0) is 27.0 Å². The lowest BCUT2D eigenvalue weighted by molar-refractivity contribution is 0.181. The van der Waals surface area contributed by atoms with Crippen molar-refractivity contribution >= 4 is 28.4 Å². The van der Waals surface area contributed by atoms with Crippen molar-refractivity contribution in [3.63, 3.8) is 0 Å². The van der Waals surface area contributed by atoms with Gasteiger partial charge in [0.05, 0.1) is 34.2 Å². The van der Waals surface area contributed by atoms with Gasteiger partial charge in [-0.2, -0.15) is 8.78 Å². The van der Waals surface area contributed by atoms with E-state index >= 15 is 0 Å². The van der Waals surface area contributed by atoms with E-state index in [9.17, 15) is 17.4 Å². The third kappa shape index (κ3) is 5.56. The quantitative estimate of drug-likeness (QED) is 0.538. The fraction of sp³-hybridized carbons (Fsp3) is 0.455. The predicted molar refractivity (Wildman–Crippen MR) is 73.7 cm³/mol. The molecule has 1 rings (SSSR count). The summed E-state index contributed by atoms with van der Waals surface area (Å²) in [5.41, 5.74) is 0.499. The van der Waals surface area contributed by atoms with Crippen molar-refractivity contribution in [2.45, 2.75) is 17.4 Å². The van der Waals surface area contributed by atoms with Crippen LogP contribution in [0.4, 0.5) is 13.2 Å². The molecule has 1 atom stereocenters. The van der Waals surface area contributed by atoms with Crippen LogP contribution in [0.15, 0.2) is 21.4 Å². The molecule has 118 valence electrons. The van der Waals surface area contributed by atoms with Crippen molar-refractivity contribution in [2.75, 3.05) is 20.0 Å². The van der Waals surface area contributed by atoms with Crippen LogP contribution in [0.2, 0.25) is 0 Å². The van der Waals surface area contributed by atoms with Crippen molar-refractivity contribution in [3.8, 4) is 0 Å². The van der Waals surface area contributed by atoms with Crippen LogP contribution in [0.5, 0.6) is 0 Å². The Balaban J connectivity index is 2.85. The largest absolute Gasteiger partial charge is 0.399 e. The fourth-order valence-corrected chi connectivity index (χ4v) is 3.55. The van der Waals surface area contributed by atoms with Gasteiger partial charge >= 0.3 is 6.08 Å². The number of methoxy groups -OCH3 is 1. The highest BCUT2D eigenvalue weighted by Crippen LogP contribution is 2.23. The molecule has 21 heavy (non-hydrogen) atoms. The molecule has 0 saturated heterocycles. The lowest BCUT2D eigenvalue weighted by Gasteiger charge is -1.96. The van der Waals surface area contributed by atoms with Crippen LogP contribution >= 0.6 is 11.3 Å². The minimum atomic E-state index is -2.39. The molecule has 5 nitrogen and oxygen atoms in total. The van der Waals surface area contributed by atoms with Crippen molar-refractivity contribution in [2.24, 2.45) is 5.16 Å². The molecule has 0 radical (unpaired) electrons. The number of thiazole rings is 1. The molecule has 1 aromatic rings. The number of halogens is 3. The number of hydrogen-bond donors (Lipinski definition) is 0. The van der Waals surface area contributed by atoms with Gasteiger partial charge in [-0.1, -0.05) is 5.16 Å². The van der Waals surface area contributed by atoms with Crippen LogP contribution in [-0.4, -0.2) is 35.4 Å². The topological polar surface area (TPSA) is 60.8 Å². The van der Waals surface area contributed by atoms with Gasteiger partial charge in [-0.25, -0.2) is 9.37 Å². The Labute approximate surface area is 125 Å². The standard InChI is InChI=1S/C11H13F3N2O3S2/c1-18-6-8-9(5-15-19-2)20-11(16-8)21(17)4-3-7(12)10(13)14/h5H,3-4,6H2,1-2H3. The van der Waals surface area contributed by atoms with E-state index in [0.29, 0.717) is 10.6 Å². The summed E-state index contributed by atoms with van der Waals surface area (Å²) >= 11 is 1.06. The Kier molecular flexibility index (Phi) is 7.54. The highest BCUT2D eigenvalue weighted by atomic mass is 32.2. The maximum Gasteiger partial charge on any atom is 0.301 e. The summed E-state index contributed by atoms with van der Waals surface area (Å²) in [7, 11) is 1.16. The molecule has 0 amide bonds. The maximum atomic E-state index is 12.7. The summed E-state index contributed by atoms with van der Waals surface area (Å²) in [6, 6.07) is 0. The molecule has 0 saturated carbocycles. The number of nitrogens with zero attached hydrogens (tertiary/aromatic N) is 2. The Morgan fingerprint density at radius 3 is 2.71 bits per heavy atom. The second kappa shape index (κ2) is 8.90. The third-order valence-corrected chi connectivity index (χ3v) is 4.86. The first-order valence-corrected chi connectivity index (χ1v) is 7.76. The normalized spacial score (nSPS) is 12.6. The molecule has 1 aromatic heterocycles. The van der Waals surface area contributed by atoms with Gasteiger partial charge in [-0.3, -0.25) is 4.21 Å². The molecule has 0 aromatic carbocycles. The van der Waals surface area contributed by atoms with Gasteiger partial charge < -0.3 is 9.57 Å². The number of oxime groups is 1. The summed E-state index contributed by atoms with van der Waals surface area (Å²) in [6.45, 7) is 0.173. The summed E-state index contributed by atoms with van der Waals surface area (Å²) in [5.74, 6) is -1.83. The van der Waals surface area contributed by atoms with E-state index in [1.165, 1.54) is 20.4 Å². The van der Waals surface area contributed by atoms with Gasteiger partial charge in [0.25, 0.3) is 0 Å². The van der Waals surface area contributed by atoms with E-state index in [-0.39, 0.29) is 16.7 Å². The highest BCUT2D eigenvalue weighted by Gasteiger charge is 2.16. The number of rotatable bonds is 8. The van der Waals surface area contributed by atoms with Crippen LogP contribution in [0.1, 0.15) is 17.0 Å². The van der Waals surface area contributed by atoms with E-state index in [2.05, 4.69) is 15.0 Å². The van der Waals surface area contributed by atoms with E-state index in [4.69, 9.17) is 4.74 Å². The van der Waals surface area contributed by atoms with E-state index < -0.39 is 29.1 Å². The molecule has 1 unspecified atom stereocenters. The Morgan fingerprint density at radius 1 is 1.43 bits per heavy atom. The lowest BCUT2D eigenvalue weighted by Crippen LogP contribution is -1.99. The van der Waals surface area contributed by atoms with Crippen LogP contribution in [0.3, 0.4) is 0 Å². The van der Waals surface area contributed by atoms with Crippen LogP contribution in [0.25, 0.3) is 0 Å². The molecular weight excluding hydrogens is 329 g/mol. The van der Waals surface area contributed by atoms with Gasteiger partial charge in [0.2, 0.25) is 0 Å². The van der Waals surface area contributed by atoms with Crippen molar-refractivity contribution in [3.05, 3.63) is 22.5 Å². The molecule has 0 N–H and O–H groups in total. The summed E-state index contributed by atoms with van der Waals surface area (Å²) in [6.07, 6.45) is -1.61. The number of ether oxygens (including phenoxy) is 1. The van der Waals surface area contributed by atoms with Crippen molar-refractivity contribution in [1.82, 2.24) is 4.98 Å². The molecule has 0 spiro atoms. The van der Waals surface area contributed by atoms with Gasteiger partial charge in [0.15, 0.2) is 10.2 Å². The molecule has 0 bridgehead atoms. The monoisotopic (exact) mass is 342 g/mol. The first-order chi connectivity index (χ1) is 9.99. The third-order valence-electron chi connectivity index (χ3n) is 2.17. The minimum Gasteiger partial charge on any atom is -0.399 e. The van der Waals surface area contributed by atoms with E-state index in [0.717, 1.165) is 11.3 Å². The number of allylic oxidation sites excluding steroid dienone is 1. The van der Waals surface area contributed by atoms with Crippen LogP contribution < -0.4 is 0 Å². The van der Waals surface area contributed by atoms with Crippen molar-refractivity contribution in [1.29, 1.82) is 0 Å². The predicted octanol–water partition coefficient (Wildman–Crippen LogP) is 2.85. The van der Waals surface area contributed by atoms with Gasteiger partial charge in [-0.05, 0) is 0 Å². The lowest BCUT2D eigenvalue weighted by atomic mass is 10.4. The van der Waals surface area contributed by atoms with Gasteiger partial charge in [0, 0.05) is 19.3 Å². The van der Waals surface area contributed by atoms with Crippen LogP contribution in [0, 0.1) is 0 Å².